The van der Waals surface area contributed by atoms with Gasteiger partial charge in [0.05, 0.1) is 6.10 Å². The molecule has 0 aromatic rings. The van der Waals surface area contributed by atoms with Crippen molar-refractivity contribution >= 4 is 0 Å². The molecule has 0 aliphatic heterocycles. The van der Waals surface area contributed by atoms with Crippen molar-refractivity contribution in [2.45, 2.75) is 32.8 Å². The van der Waals surface area contributed by atoms with Crippen LogP contribution in [-0.4, -0.2) is 12.7 Å². The molecule has 0 aromatic carbocycles. The van der Waals surface area contributed by atoms with E-state index in [0.717, 1.165) is 6.42 Å². The molecule has 1 nitrogen and oxygen atoms in total. The summed E-state index contributed by atoms with van der Waals surface area (Å²) in [6.45, 7) is 28.4. The van der Waals surface area contributed by atoms with Crippen molar-refractivity contribution in [2.24, 2.45) is 0 Å². The predicted octanol–water partition coefficient (Wildman–Crippen LogP) is 8.57. The van der Waals surface area contributed by atoms with Gasteiger partial charge in [0.25, 0.3) is 0 Å². The van der Waals surface area contributed by atoms with Crippen molar-refractivity contribution in [1.29, 1.82) is 0 Å². The Bertz CT molecular complexity index is 881. The van der Waals surface area contributed by atoms with Gasteiger partial charge in [0, 0.05) is 23.3 Å². The Kier molecular flexibility index (Phi) is 12.1. The van der Waals surface area contributed by atoms with Crippen LogP contribution in [0.3, 0.4) is 0 Å². The van der Waals surface area contributed by atoms with Crippen LogP contribution < -0.4 is 0 Å². The maximum Gasteiger partial charge on any atom is 0.166 e. The summed E-state index contributed by atoms with van der Waals surface area (Å²) in [6, 6.07) is 0. The lowest BCUT2D eigenvalue weighted by atomic mass is 10.0. The third-order valence-corrected chi connectivity index (χ3v) is 4.22. The van der Waals surface area contributed by atoms with E-state index in [2.05, 4.69) is 46.1 Å². The maximum atomic E-state index is 14.5. The van der Waals surface area contributed by atoms with E-state index in [1.807, 2.05) is 6.92 Å². The standard InChI is InChI=1S/C26H30F4O/c1-10-12-18(5)23(27)24(28)19(6)16(3)13-14-17(4)20(7)25(29)26(30)21(8)22(9)31-15-11-2/h10,13-14,22H,1,3-8,11-12,15H2,2,9H3/b14-13-,24-23-,26-25-. The molecule has 0 bridgehead atoms. The van der Waals surface area contributed by atoms with E-state index in [-0.39, 0.29) is 39.9 Å². The molecule has 0 fully saturated rings. The molecule has 0 radical (unpaired) electrons. The predicted molar refractivity (Wildman–Crippen MR) is 123 cm³/mol. The Hall–Kier alpha value is -2.92. The van der Waals surface area contributed by atoms with Crippen molar-refractivity contribution in [3.63, 3.8) is 0 Å². The molecular weight excluding hydrogens is 404 g/mol. The molecule has 0 rings (SSSR count). The molecule has 31 heavy (non-hydrogen) atoms. The minimum atomic E-state index is -1.24. The summed E-state index contributed by atoms with van der Waals surface area (Å²) in [4.78, 5) is 0. The summed E-state index contributed by atoms with van der Waals surface area (Å²) in [5.74, 6) is -4.81. The molecule has 168 valence electrons. The van der Waals surface area contributed by atoms with Crippen LogP contribution in [0.25, 0.3) is 0 Å². The van der Waals surface area contributed by atoms with Gasteiger partial charge in [-0.2, -0.15) is 0 Å². The van der Waals surface area contributed by atoms with Gasteiger partial charge >= 0.3 is 0 Å². The molecule has 1 unspecified atom stereocenters. The van der Waals surface area contributed by atoms with E-state index < -0.39 is 29.4 Å². The monoisotopic (exact) mass is 434 g/mol. The number of rotatable bonds is 14. The highest BCUT2D eigenvalue weighted by Gasteiger charge is 2.19. The zero-order valence-corrected chi connectivity index (χ0v) is 18.3. The lowest BCUT2D eigenvalue weighted by molar-refractivity contribution is 0.0899. The lowest BCUT2D eigenvalue weighted by Crippen LogP contribution is -2.12. The van der Waals surface area contributed by atoms with Gasteiger partial charge in [0.1, 0.15) is 0 Å². The second-order valence-corrected chi connectivity index (χ2v) is 6.73. The molecule has 0 heterocycles. The van der Waals surface area contributed by atoms with Crippen LogP contribution in [0.4, 0.5) is 17.6 Å². The minimum absolute atomic E-state index is 0.00236. The highest BCUT2D eigenvalue weighted by atomic mass is 19.2. The van der Waals surface area contributed by atoms with Gasteiger partial charge in [0.15, 0.2) is 23.3 Å². The van der Waals surface area contributed by atoms with Crippen molar-refractivity contribution in [1.82, 2.24) is 0 Å². The van der Waals surface area contributed by atoms with Gasteiger partial charge in [-0.15, -0.1) is 6.58 Å². The van der Waals surface area contributed by atoms with Gasteiger partial charge in [-0.05, 0) is 36.5 Å². The van der Waals surface area contributed by atoms with E-state index in [9.17, 15) is 17.6 Å². The van der Waals surface area contributed by atoms with Crippen LogP contribution in [-0.2, 0) is 4.74 Å². The fourth-order valence-corrected chi connectivity index (χ4v) is 2.08. The molecular formula is C26H30F4O. The minimum Gasteiger partial charge on any atom is -0.374 e. The quantitative estimate of drug-likeness (QED) is 0.151. The first-order chi connectivity index (χ1) is 14.4. The Morgan fingerprint density at radius 1 is 0.806 bits per heavy atom. The van der Waals surface area contributed by atoms with Gasteiger partial charge < -0.3 is 4.74 Å². The third-order valence-electron chi connectivity index (χ3n) is 4.22. The molecule has 0 saturated heterocycles. The van der Waals surface area contributed by atoms with Crippen molar-refractivity contribution in [2.75, 3.05) is 6.61 Å². The first-order valence-electron chi connectivity index (χ1n) is 9.56. The molecule has 0 aromatic heterocycles. The summed E-state index contributed by atoms with van der Waals surface area (Å²) >= 11 is 0. The molecule has 0 aliphatic carbocycles. The van der Waals surface area contributed by atoms with E-state index >= 15 is 0 Å². The van der Waals surface area contributed by atoms with Gasteiger partial charge in [-0.25, -0.2) is 17.6 Å². The summed E-state index contributed by atoms with van der Waals surface area (Å²) in [6.07, 6.45) is 3.94. The molecule has 0 saturated carbocycles. The smallest absolute Gasteiger partial charge is 0.166 e. The summed E-state index contributed by atoms with van der Waals surface area (Å²) in [5, 5.41) is 0. The van der Waals surface area contributed by atoms with Crippen molar-refractivity contribution in [3.05, 3.63) is 121 Å². The van der Waals surface area contributed by atoms with E-state index in [0.29, 0.717) is 6.61 Å². The topological polar surface area (TPSA) is 9.23 Å². The van der Waals surface area contributed by atoms with Crippen LogP contribution in [0.2, 0.25) is 0 Å². The molecule has 0 amide bonds. The lowest BCUT2D eigenvalue weighted by Gasteiger charge is -2.15. The summed E-state index contributed by atoms with van der Waals surface area (Å²) in [5.41, 5.74) is -0.916. The normalized spacial score (nSPS) is 13.7. The average Bonchev–Trinajstić information content (AvgIpc) is 2.76. The van der Waals surface area contributed by atoms with E-state index in [1.54, 1.807) is 6.92 Å². The fraction of sp³-hybridized carbons (Fsp3) is 0.231. The third kappa shape index (κ3) is 8.38. The number of halogens is 4. The van der Waals surface area contributed by atoms with Crippen molar-refractivity contribution in [3.8, 4) is 0 Å². The number of hydrogen-bond donors (Lipinski definition) is 0. The molecule has 1 atom stereocenters. The summed E-state index contributed by atoms with van der Waals surface area (Å²) in [7, 11) is 0. The fourth-order valence-electron chi connectivity index (χ4n) is 2.08. The highest BCUT2D eigenvalue weighted by molar-refractivity contribution is 5.54. The Morgan fingerprint density at radius 2 is 1.26 bits per heavy atom. The van der Waals surface area contributed by atoms with Gasteiger partial charge in [-0.3, -0.25) is 0 Å². The molecule has 0 N–H and O–H groups in total. The zero-order valence-electron chi connectivity index (χ0n) is 18.3. The second kappa shape index (κ2) is 13.4. The Labute approximate surface area is 183 Å². The largest absolute Gasteiger partial charge is 0.374 e. The second-order valence-electron chi connectivity index (χ2n) is 6.73. The first kappa shape index (κ1) is 28.1. The van der Waals surface area contributed by atoms with Gasteiger partial charge in [0.2, 0.25) is 0 Å². The van der Waals surface area contributed by atoms with Crippen LogP contribution in [0.15, 0.2) is 121 Å². The zero-order chi connectivity index (χ0) is 24.3. The van der Waals surface area contributed by atoms with Crippen LogP contribution >= 0.6 is 0 Å². The number of hydrogen-bond acceptors (Lipinski definition) is 1. The molecule has 0 aliphatic rings. The van der Waals surface area contributed by atoms with E-state index in [4.69, 9.17) is 4.74 Å². The van der Waals surface area contributed by atoms with Gasteiger partial charge in [-0.1, -0.05) is 64.6 Å². The highest BCUT2D eigenvalue weighted by Crippen LogP contribution is 2.30. The van der Waals surface area contributed by atoms with Crippen LogP contribution in [0, 0.1) is 0 Å². The van der Waals surface area contributed by atoms with Crippen molar-refractivity contribution < 1.29 is 22.3 Å². The maximum absolute atomic E-state index is 14.5. The molecule has 5 heteroatoms. The number of ether oxygens (including phenoxy) is 1. The Balaban J connectivity index is 5.38. The molecule has 0 spiro atoms. The SMILES string of the molecule is C=CCC(=C)/C(F)=C(/F)C(=C)C(=C)/C=C\C(=C)C(=C)/C(F)=C(/F)C(=C)C(C)OCCC. The van der Waals surface area contributed by atoms with Crippen LogP contribution in [0.1, 0.15) is 26.7 Å². The average molecular weight is 435 g/mol. The summed E-state index contributed by atoms with van der Waals surface area (Å²) < 4.78 is 62.4. The van der Waals surface area contributed by atoms with E-state index in [1.165, 1.54) is 18.2 Å². The number of allylic oxidation sites excluding steroid dienone is 11. The Morgan fingerprint density at radius 3 is 1.68 bits per heavy atom. The first-order valence-corrected chi connectivity index (χ1v) is 9.56. The van der Waals surface area contributed by atoms with Crippen LogP contribution in [0.5, 0.6) is 0 Å².